The molecule has 0 fully saturated rings. The molecular weight excluding hydrogens is 386 g/mol. The van der Waals surface area contributed by atoms with Crippen molar-refractivity contribution in [2.75, 3.05) is 6.54 Å². The summed E-state index contributed by atoms with van der Waals surface area (Å²) < 4.78 is 0. The Balaban J connectivity index is 1.75. The van der Waals surface area contributed by atoms with Crippen molar-refractivity contribution >= 4 is 17.3 Å². The lowest BCUT2D eigenvalue weighted by Crippen LogP contribution is -2.26. The Morgan fingerprint density at radius 2 is 1.27 bits per heavy atom. The largest absolute Gasteiger partial charge is 0.352 e. The van der Waals surface area contributed by atoms with Crippen LogP contribution in [0.2, 0.25) is 0 Å². The van der Waals surface area contributed by atoms with Gasteiger partial charge < -0.3 is 5.32 Å². The summed E-state index contributed by atoms with van der Waals surface area (Å²) in [4.78, 5) is 33.0. The van der Waals surface area contributed by atoms with Crippen LogP contribution in [0, 0.1) is 20.2 Å². The second kappa shape index (κ2) is 9.42. The minimum absolute atomic E-state index is 0.0483. The number of benzene rings is 3. The molecule has 1 amide bonds. The van der Waals surface area contributed by atoms with Crippen molar-refractivity contribution in [1.29, 1.82) is 0 Å². The Labute approximate surface area is 172 Å². The smallest absolute Gasteiger partial charge is 0.277 e. The molecule has 30 heavy (non-hydrogen) atoms. The standard InChI is InChI=1S/C22H19N3O5/c26-22(18-13-19(24(27)28)15-20(14-18)25(29)30)23-12-11-21(16-7-3-1-4-8-16)17-9-5-2-6-10-17/h1-10,13-15,21H,11-12H2,(H,23,26). The maximum absolute atomic E-state index is 12.5. The molecule has 8 heteroatoms. The highest BCUT2D eigenvalue weighted by Crippen LogP contribution is 2.27. The van der Waals surface area contributed by atoms with Gasteiger partial charge in [-0.15, -0.1) is 0 Å². The maximum atomic E-state index is 12.5. The number of hydrogen-bond donors (Lipinski definition) is 1. The first-order valence-electron chi connectivity index (χ1n) is 9.27. The van der Waals surface area contributed by atoms with Crippen LogP contribution < -0.4 is 5.32 Å². The molecular formula is C22H19N3O5. The molecule has 3 aromatic rings. The Morgan fingerprint density at radius 1 is 0.800 bits per heavy atom. The summed E-state index contributed by atoms with van der Waals surface area (Å²) in [5.74, 6) is -0.547. The summed E-state index contributed by atoms with van der Waals surface area (Å²) in [5.41, 5.74) is 1.08. The van der Waals surface area contributed by atoms with Gasteiger partial charge in [-0.3, -0.25) is 25.0 Å². The van der Waals surface area contributed by atoms with Crippen molar-refractivity contribution in [3.05, 3.63) is 116 Å². The molecule has 0 aliphatic rings. The van der Waals surface area contributed by atoms with Gasteiger partial charge in [0.2, 0.25) is 0 Å². The monoisotopic (exact) mass is 405 g/mol. The molecule has 0 aliphatic heterocycles. The van der Waals surface area contributed by atoms with Crippen LogP contribution in [0.25, 0.3) is 0 Å². The lowest BCUT2D eigenvalue weighted by atomic mass is 9.88. The van der Waals surface area contributed by atoms with Crippen LogP contribution in [0.5, 0.6) is 0 Å². The van der Waals surface area contributed by atoms with Gasteiger partial charge in [-0.2, -0.15) is 0 Å². The summed E-state index contributed by atoms with van der Waals surface area (Å²) >= 11 is 0. The molecule has 0 heterocycles. The Kier molecular flexibility index (Phi) is 6.49. The zero-order chi connectivity index (χ0) is 21.5. The predicted molar refractivity (Wildman–Crippen MR) is 111 cm³/mol. The second-order valence-corrected chi connectivity index (χ2v) is 6.67. The van der Waals surface area contributed by atoms with E-state index in [-0.39, 0.29) is 11.5 Å². The number of hydrogen-bond acceptors (Lipinski definition) is 5. The summed E-state index contributed by atoms with van der Waals surface area (Å²) in [5, 5.41) is 24.8. The SMILES string of the molecule is O=C(NCCC(c1ccccc1)c1ccccc1)c1cc([N+](=O)[O-])cc([N+](=O)[O-])c1. The summed E-state index contributed by atoms with van der Waals surface area (Å²) in [6, 6.07) is 22.6. The van der Waals surface area contributed by atoms with Crippen LogP contribution in [0.15, 0.2) is 78.9 Å². The molecule has 0 atom stereocenters. The van der Waals surface area contributed by atoms with Crippen LogP contribution in [0.3, 0.4) is 0 Å². The molecule has 1 N–H and O–H groups in total. The molecule has 0 saturated heterocycles. The third kappa shape index (κ3) is 5.05. The fourth-order valence-electron chi connectivity index (χ4n) is 3.27. The number of nitrogens with zero attached hydrogens (tertiary/aromatic N) is 2. The average molecular weight is 405 g/mol. The molecule has 0 bridgehead atoms. The number of amides is 1. The van der Waals surface area contributed by atoms with Gasteiger partial charge >= 0.3 is 0 Å². The van der Waals surface area contributed by atoms with Crippen molar-refractivity contribution < 1.29 is 14.6 Å². The molecule has 0 radical (unpaired) electrons. The van der Waals surface area contributed by atoms with Crippen LogP contribution >= 0.6 is 0 Å². The molecule has 0 saturated carbocycles. The lowest BCUT2D eigenvalue weighted by Gasteiger charge is -2.18. The van der Waals surface area contributed by atoms with Crippen molar-refractivity contribution in [3.63, 3.8) is 0 Å². The maximum Gasteiger partial charge on any atom is 0.277 e. The molecule has 152 valence electrons. The number of nitrogens with one attached hydrogen (secondary N) is 1. The third-order valence-electron chi connectivity index (χ3n) is 4.71. The molecule has 8 nitrogen and oxygen atoms in total. The van der Waals surface area contributed by atoms with Crippen LogP contribution in [0.4, 0.5) is 11.4 Å². The Hall–Kier alpha value is -4.07. The van der Waals surface area contributed by atoms with Gasteiger partial charge in [0, 0.05) is 24.6 Å². The molecule has 3 aromatic carbocycles. The number of non-ortho nitro benzene ring substituents is 2. The number of nitro groups is 2. The fourth-order valence-corrected chi connectivity index (χ4v) is 3.27. The first-order valence-corrected chi connectivity index (χ1v) is 9.27. The highest BCUT2D eigenvalue weighted by Gasteiger charge is 2.20. The zero-order valence-corrected chi connectivity index (χ0v) is 15.9. The van der Waals surface area contributed by atoms with Gasteiger partial charge in [0.25, 0.3) is 17.3 Å². The van der Waals surface area contributed by atoms with Crippen molar-refractivity contribution in [3.8, 4) is 0 Å². The van der Waals surface area contributed by atoms with E-state index in [4.69, 9.17) is 0 Å². The van der Waals surface area contributed by atoms with E-state index in [9.17, 15) is 25.0 Å². The second-order valence-electron chi connectivity index (χ2n) is 6.67. The van der Waals surface area contributed by atoms with Crippen LogP contribution in [-0.2, 0) is 0 Å². The van der Waals surface area contributed by atoms with E-state index < -0.39 is 27.1 Å². The van der Waals surface area contributed by atoms with E-state index in [0.717, 1.165) is 29.3 Å². The first kappa shape index (κ1) is 20.7. The van der Waals surface area contributed by atoms with Crippen molar-refractivity contribution in [2.24, 2.45) is 0 Å². The van der Waals surface area contributed by atoms with Gasteiger partial charge in [0.05, 0.1) is 21.5 Å². The lowest BCUT2D eigenvalue weighted by molar-refractivity contribution is -0.394. The number of rotatable bonds is 8. The van der Waals surface area contributed by atoms with E-state index >= 15 is 0 Å². The molecule has 0 spiro atoms. The van der Waals surface area contributed by atoms with Gasteiger partial charge in [-0.25, -0.2) is 0 Å². The van der Waals surface area contributed by atoms with E-state index in [0.29, 0.717) is 13.0 Å². The van der Waals surface area contributed by atoms with Gasteiger partial charge in [0.1, 0.15) is 0 Å². The topological polar surface area (TPSA) is 115 Å². The predicted octanol–water partition coefficient (Wildman–Crippen LogP) is 4.46. The van der Waals surface area contributed by atoms with Crippen molar-refractivity contribution in [1.82, 2.24) is 5.32 Å². The molecule has 3 rings (SSSR count). The molecule has 0 unspecified atom stereocenters. The Bertz CT molecular complexity index is 983. The number of nitro benzene ring substituents is 2. The van der Waals surface area contributed by atoms with E-state index in [1.807, 2.05) is 60.7 Å². The van der Waals surface area contributed by atoms with Crippen LogP contribution in [0.1, 0.15) is 33.8 Å². The minimum Gasteiger partial charge on any atom is -0.352 e. The number of carbonyl (C=O) groups excluding carboxylic acids is 1. The molecule has 0 aromatic heterocycles. The highest BCUT2D eigenvalue weighted by molar-refractivity contribution is 5.95. The fraction of sp³-hybridized carbons (Fsp3) is 0.136. The van der Waals surface area contributed by atoms with E-state index in [1.54, 1.807) is 0 Å². The summed E-state index contributed by atoms with van der Waals surface area (Å²) in [6.07, 6.45) is 0.594. The summed E-state index contributed by atoms with van der Waals surface area (Å²) in [7, 11) is 0. The van der Waals surface area contributed by atoms with E-state index in [1.165, 1.54) is 0 Å². The van der Waals surface area contributed by atoms with Gasteiger partial charge in [-0.1, -0.05) is 60.7 Å². The Morgan fingerprint density at radius 3 is 1.70 bits per heavy atom. The van der Waals surface area contributed by atoms with Crippen LogP contribution in [-0.4, -0.2) is 22.3 Å². The van der Waals surface area contributed by atoms with Gasteiger partial charge in [0.15, 0.2) is 0 Å². The van der Waals surface area contributed by atoms with Crippen molar-refractivity contribution in [2.45, 2.75) is 12.3 Å². The first-order chi connectivity index (χ1) is 14.5. The highest BCUT2D eigenvalue weighted by atomic mass is 16.6. The third-order valence-corrected chi connectivity index (χ3v) is 4.71. The normalized spacial score (nSPS) is 10.6. The number of carbonyl (C=O) groups is 1. The minimum atomic E-state index is -0.759. The zero-order valence-electron chi connectivity index (χ0n) is 15.9. The molecule has 0 aliphatic carbocycles. The average Bonchev–Trinajstić information content (AvgIpc) is 2.77. The summed E-state index contributed by atoms with van der Waals surface area (Å²) in [6.45, 7) is 0.295. The van der Waals surface area contributed by atoms with E-state index in [2.05, 4.69) is 5.32 Å². The van der Waals surface area contributed by atoms with Gasteiger partial charge in [-0.05, 0) is 17.5 Å². The quantitative estimate of drug-likeness (QED) is 0.439.